The van der Waals surface area contributed by atoms with Crippen LogP contribution in [0.2, 0.25) is 0 Å². The van der Waals surface area contributed by atoms with Gasteiger partial charge in [0.2, 0.25) is 0 Å². The maximum atomic E-state index is 5.83. The number of hydrogen-bond donors (Lipinski definition) is 1. The highest BCUT2D eigenvalue weighted by Gasteiger charge is 2.02. The molecule has 0 saturated carbocycles. The number of nitrogens with two attached hydrogens (primary N) is 1. The monoisotopic (exact) mass is 259 g/mol. The van der Waals surface area contributed by atoms with E-state index >= 15 is 0 Å². The Morgan fingerprint density at radius 3 is 2.77 bits per heavy atom. The molecule has 0 unspecified atom stereocenters. The first-order valence-electron chi connectivity index (χ1n) is 4.37. The van der Waals surface area contributed by atoms with Crippen molar-refractivity contribution in [1.29, 1.82) is 0 Å². The molecule has 0 radical (unpaired) electrons. The molecule has 0 aliphatic heterocycles. The van der Waals surface area contributed by atoms with Crippen LogP contribution < -0.4 is 5.73 Å². The molecule has 0 bridgehead atoms. The van der Waals surface area contributed by atoms with E-state index in [0.29, 0.717) is 6.04 Å². The SMILES string of the molecule is CC[C@H](N)CSc1ccccc1Br. The Bertz CT molecular complexity index is 265. The molecule has 0 spiro atoms. The zero-order chi connectivity index (χ0) is 9.68. The third-order valence-corrected chi connectivity index (χ3v) is 4.03. The van der Waals surface area contributed by atoms with Gasteiger partial charge in [-0.25, -0.2) is 0 Å². The van der Waals surface area contributed by atoms with Crippen LogP contribution in [-0.4, -0.2) is 11.8 Å². The molecular weight excluding hydrogens is 246 g/mol. The molecule has 13 heavy (non-hydrogen) atoms. The lowest BCUT2D eigenvalue weighted by Gasteiger charge is -2.08. The molecule has 1 nitrogen and oxygen atoms in total. The highest BCUT2D eigenvalue weighted by molar-refractivity contribution is 9.10. The molecule has 1 atom stereocenters. The molecular formula is C10H14BrNS. The fourth-order valence-corrected chi connectivity index (χ4v) is 2.51. The summed E-state index contributed by atoms with van der Waals surface area (Å²) >= 11 is 5.31. The van der Waals surface area contributed by atoms with E-state index in [2.05, 4.69) is 35.0 Å². The minimum absolute atomic E-state index is 0.303. The van der Waals surface area contributed by atoms with Crippen LogP contribution in [0.25, 0.3) is 0 Å². The minimum Gasteiger partial charge on any atom is -0.327 e. The van der Waals surface area contributed by atoms with E-state index in [9.17, 15) is 0 Å². The van der Waals surface area contributed by atoms with Crippen molar-refractivity contribution in [3.8, 4) is 0 Å². The molecule has 0 amide bonds. The van der Waals surface area contributed by atoms with Gasteiger partial charge in [0, 0.05) is 21.2 Å². The van der Waals surface area contributed by atoms with Crippen molar-refractivity contribution >= 4 is 27.7 Å². The molecule has 0 fully saturated rings. The topological polar surface area (TPSA) is 26.0 Å². The average molecular weight is 260 g/mol. The van der Waals surface area contributed by atoms with E-state index in [1.165, 1.54) is 4.90 Å². The lowest BCUT2D eigenvalue weighted by molar-refractivity contribution is 0.725. The van der Waals surface area contributed by atoms with Crippen molar-refractivity contribution < 1.29 is 0 Å². The molecule has 0 aliphatic rings. The molecule has 72 valence electrons. The van der Waals surface area contributed by atoms with E-state index in [4.69, 9.17) is 5.73 Å². The van der Waals surface area contributed by atoms with E-state index in [-0.39, 0.29) is 0 Å². The number of benzene rings is 1. The first-order chi connectivity index (χ1) is 6.24. The molecule has 1 aromatic carbocycles. The average Bonchev–Trinajstić information content (AvgIpc) is 2.16. The summed E-state index contributed by atoms with van der Waals surface area (Å²) in [6.45, 7) is 2.12. The highest BCUT2D eigenvalue weighted by atomic mass is 79.9. The van der Waals surface area contributed by atoms with Gasteiger partial charge in [0.15, 0.2) is 0 Å². The molecule has 2 N–H and O–H groups in total. The number of rotatable bonds is 4. The van der Waals surface area contributed by atoms with Gasteiger partial charge in [-0.2, -0.15) is 0 Å². The summed E-state index contributed by atoms with van der Waals surface area (Å²) in [5, 5.41) is 0. The Morgan fingerprint density at radius 1 is 1.46 bits per heavy atom. The predicted molar refractivity (Wildman–Crippen MR) is 63.1 cm³/mol. The second-order valence-corrected chi connectivity index (χ2v) is 4.83. The van der Waals surface area contributed by atoms with Gasteiger partial charge in [-0.05, 0) is 34.5 Å². The maximum Gasteiger partial charge on any atom is 0.0311 e. The maximum absolute atomic E-state index is 5.83. The number of thioether (sulfide) groups is 1. The Hall–Kier alpha value is 0.01000. The third-order valence-electron chi connectivity index (χ3n) is 1.81. The van der Waals surface area contributed by atoms with Gasteiger partial charge in [0.25, 0.3) is 0 Å². The van der Waals surface area contributed by atoms with E-state index in [1.54, 1.807) is 0 Å². The fraction of sp³-hybridized carbons (Fsp3) is 0.400. The standard InChI is InChI=1S/C10H14BrNS/c1-2-8(12)7-13-10-6-4-3-5-9(10)11/h3-6,8H,2,7,12H2,1H3/t8-/m0/s1. The molecule has 0 aliphatic carbocycles. The Kier molecular flexibility index (Phi) is 4.84. The van der Waals surface area contributed by atoms with Crippen LogP contribution in [0, 0.1) is 0 Å². The lowest BCUT2D eigenvalue weighted by atomic mass is 10.3. The largest absolute Gasteiger partial charge is 0.327 e. The summed E-state index contributed by atoms with van der Waals surface area (Å²) in [7, 11) is 0. The van der Waals surface area contributed by atoms with Crippen molar-refractivity contribution in [3.63, 3.8) is 0 Å². The second-order valence-electron chi connectivity index (χ2n) is 2.91. The first-order valence-corrected chi connectivity index (χ1v) is 6.14. The zero-order valence-corrected chi connectivity index (χ0v) is 10.1. The minimum atomic E-state index is 0.303. The quantitative estimate of drug-likeness (QED) is 0.841. The van der Waals surface area contributed by atoms with Gasteiger partial charge < -0.3 is 5.73 Å². The smallest absolute Gasteiger partial charge is 0.0311 e. The van der Waals surface area contributed by atoms with Crippen LogP contribution in [-0.2, 0) is 0 Å². The van der Waals surface area contributed by atoms with Gasteiger partial charge in [0.1, 0.15) is 0 Å². The van der Waals surface area contributed by atoms with Gasteiger partial charge in [-0.3, -0.25) is 0 Å². The van der Waals surface area contributed by atoms with Crippen molar-refractivity contribution in [1.82, 2.24) is 0 Å². The molecule has 1 aromatic rings. The predicted octanol–water partition coefficient (Wildman–Crippen LogP) is 3.28. The van der Waals surface area contributed by atoms with Crippen LogP contribution >= 0.6 is 27.7 Å². The van der Waals surface area contributed by atoms with Crippen LogP contribution in [0.5, 0.6) is 0 Å². The van der Waals surface area contributed by atoms with Crippen molar-refractivity contribution in [2.24, 2.45) is 5.73 Å². The van der Waals surface area contributed by atoms with Crippen LogP contribution in [0.3, 0.4) is 0 Å². The number of halogens is 1. The van der Waals surface area contributed by atoms with Gasteiger partial charge >= 0.3 is 0 Å². The van der Waals surface area contributed by atoms with E-state index in [1.807, 2.05) is 23.9 Å². The summed E-state index contributed by atoms with van der Waals surface area (Å²) < 4.78 is 1.16. The van der Waals surface area contributed by atoms with Gasteiger partial charge in [0.05, 0.1) is 0 Å². The molecule has 0 aromatic heterocycles. The zero-order valence-electron chi connectivity index (χ0n) is 7.66. The Morgan fingerprint density at radius 2 is 2.15 bits per heavy atom. The summed E-state index contributed by atoms with van der Waals surface area (Å²) in [6, 6.07) is 8.53. The molecule has 0 heterocycles. The van der Waals surface area contributed by atoms with Crippen molar-refractivity contribution in [3.05, 3.63) is 28.7 Å². The van der Waals surface area contributed by atoms with Gasteiger partial charge in [-0.15, -0.1) is 11.8 Å². The van der Waals surface area contributed by atoms with Crippen molar-refractivity contribution in [2.45, 2.75) is 24.3 Å². The first kappa shape index (κ1) is 11.1. The summed E-state index contributed by atoms with van der Waals surface area (Å²) in [6.07, 6.45) is 1.04. The summed E-state index contributed by atoms with van der Waals surface area (Å²) in [5.41, 5.74) is 5.83. The molecule has 0 saturated heterocycles. The summed E-state index contributed by atoms with van der Waals surface area (Å²) in [4.78, 5) is 1.27. The third kappa shape index (κ3) is 3.71. The number of hydrogen-bond acceptors (Lipinski definition) is 2. The van der Waals surface area contributed by atoms with E-state index < -0.39 is 0 Å². The van der Waals surface area contributed by atoms with E-state index in [0.717, 1.165) is 16.6 Å². The lowest BCUT2D eigenvalue weighted by Crippen LogP contribution is -2.21. The molecule has 3 heteroatoms. The van der Waals surface area contributed by atoms with Gasteiger partial charge in [-0.1, -0.05) is 19.1 Å². The normalized spacial score (nSPS) is 12.8. The second kappa shape index (κ2) is 5.68. The fourth-order valence-electron chi connectivity index (χ4n) is 0.876. The van der Waals surface area contributed by atoms with Crippen LogP contribution in [0.4, 0.5) is 0 Å². The van der Waals surface area contributed by atoms with Crippen LogP contribution in [0.1, 0.15) is 13.3 Å². The Labute approximate surface area is 92.2 Å². The Balaban J connectivity index is 2.50. The van der Waals surface area contributed by atoms with Crippen LogP contribution in [0.15, 0.2) is 33.6 Å². The van der Waals surface area contributed by atoms with Crippen molar-refractivity contribution in [2.75, 3.05) is 5.75 Å². The molecule has 1 rings (SSSR count). The highest BCUT2D eigenvalue weighted by Crippen LogP contribution is 2.27. The summed E-state index contributed by atoms with van der Waals surface area (Å²) in [5.74, 6) is 0.985.